The predicted octanol–water partition coefficient (Wildman–Crippen LogP) is 2.96. The Bertz CT molecular complexity index is 586. The van der Waals surface area contributed by atoms with Crippen molar-refractivity contribution in [2.24, 2.45) is 11.8 Å². The van der Waals surface area contributed by atoms with E-state index < -0.39 is 6.10 Å². The van der Waals surface area contributed by atoms with Crippen LogP contribution < -0.4 is 5.32 Å². The van der Waals surface area contributed by atoms with Gasteiger partial charge in [0, 0.05) is 30.3 Å². The van der Waals surface area contributed by atoms with Crippen LogP contribution in [0.5, 0.6) is 0 Å². The Hall–Kier alpha value is -1.88. The van der Waals surface area contributed by atoms with Gasteiger partial charge in [-0.05, 0) is 32.3 Å². The number of carbonyl (C=O) groups is 2. The Morgan fingerprint density at radius 1 is 1.33 bits per heavy atom. The molecule has 1 aromatic carbocycles. The lowest BCUT2D eigenvalue weighted by Crippen LogP contribution is -2.45. The number of anilines is 1. The van der Waals surface area contributed by atoms with Gasteiger partial charge < -0.3 is 15.3 Å². The first-order chi connectivity index (χ1) is 11.4. The summed E-state index contributed by atoms with van der Waals surface area (Å²) in [5.74, 6) is -0.138. The molecule has 2 amide bonds. The summed E-state index contributed by atoms with van der Waals surface area (Å²) in [6, 6.07) is 7.27. The summed E-state index contributed by atoms with van der Waals surface area (Å²) >= 11 is 0. The van der Waals surface area contributed by atoms with Crippen LogP contribution in [0.4, 0.5) is 5.69 Å². The Balaban J connectivity index is 2.04. The molecule has 0 spiro atoms. The van der Waals surface area contributed by atoms with E-state index in [0.29, 0.717) is 17.8 Å². The topological polar surface area (TPSA) is 69.6 Å². The zero-order valence-electron chi connectivity index (χ0n) is 14.8. The fourth-order valence-corrected chi connectivity index (χ4v) is 3.09. The van der Waals surface area contributed by atoms with Crippen molar-refractivity contribution in [3.05, 3.63) is 29.8 Å². The third-order valence-corrected chi connectivity index (χ3v) is 4.81. The highest BCUT2D eigenvalue weighted by atomic mass is 16.3. The molecule has 1 fully saturated rings. The smallest absolute Gasteiger partial charge is 0.229 e. The van der Waals surface area contributed by atoms with Gasteiger partial charge in [-0.1, -0.05) is 32.0 Å². The van der Waals surface area contributed by atoms with E-state index in [0.717, 1.165) is 25.8 Å². The van der Waals surface area contributed by atoms with Crippen LogP contribution in [0.15, 0.2) is 24.3 Å². The molecule has 0 saturated carbocycles. The molecule has 3 unspecified atom stereocenters. The zero-order chi connectivity index (χ0) is 17.7. The molecule has 1 heterocycles. The summed E-state index contributed by atoms with van der Waals surface area (Å²) in [5, 5.41) is 12.8. The maximum atomic E-state index is 12.6. The molecular formula is C19H28N2O3. The van der Waals surface area contributed by atoms with Gasteiger partial charge in [0.15, 0.2) is 0 Å². The Morgan fingerprint density at radius 2 is 2.04 bits per heavy atom. The molecule has 3 atom stereocenters. The van der Waals surface area contributed by atoms with E-state index in [4.69, 9.17) is 0 Å². The molecule has 1 saturated heterocycles. The van der Waals surface area contributed by atoms with Crippen molar-refractivity contribution in [3.63, 3.8) is 0 Å². The lowest BCUT2D eigenvalue weighted by Gasteiger charge is -2.33. The number of nitrogens with zero attached hydrogens (tertiary/aromatic N) is 1. The molecule has 2 rings (SSSR count). The van der Waals surface area contributed by atoms with Crippen LogP contribution >= 0.6 is 0 Å². The number of nitrogens with one attached hydrogen (secondary N) is 1. The third-order valence-electron chi connectivity index (χ3n) is 4.81. The van der Waals surface area contributed by atoms with Gasteiger partial charge in [-0.3, -0.25) is 9.59 Å². The van der Waals surface area contributed by atoms with Crippen LogP contribution in [-0.4, -0.2) is 34.9 Å². The second kappa shape index (κ2) is 8.29. The monoisotopic (exact) mass is 332 g/mol. The van der Waals surface area contributed by atoms with Gasteiger partial charge in [0.1, 0.15) is 0 Å². The number of hydrogen-bond donors (Lipinski definition) is 2. The summed E-state index contributed by atoms with van der Waals surface area (Å²) in [7, 11) is 0. The van der Waals surface area contributed by atoms with E-state index in [1.54, 1.807) is 19.1 Å². The molecule has 5 heteroatoms. The van der Waals surface area contributed by atoms with E-state index >= 15 is 0 Å². The second-order valence-electron chi connectivity index (χ2n) is 6.69. The maximum absolute atomic E-state index is 12.6. The third kappa shape index (κ3) is 4.35. The van der Waals surface area contributed by atoms with E-state index in [1.165, 1.54) is 0 Å². The molecule has 5 nitrogen and oxygen atoms in total. The van der Waals surface area contributed by atoms with Gasteiger partial charge >= 0.3 is 0 Å². The van der Waals surface area contributed by atoms with Gasteiger partial charge in [-0.25, -0.2) is 0 Å². The predicted molar refractivity (Wildman–Crippen MR) is 94.5 cm³/mol. The van der Waals surface area contributed by atoms with Crippen molar-refractivity contribution in [1.29, 1.82) is 0 Å². The maximum Gasteiger partial charge on any atom is 0.229 e. The fraction of sp³-hybridized carbons (Fsp3) is 0.579. The average Bonchev–Trinajstić information content (AvgIpc) is 2.60. The van der Waals surface area contributed by atoms with Gasteiger partial charge in [0.2, 0.25) is 11.8 Å². The molecule has 0 bridgehead atoms. The van der Waals surface area contributed by atoms with Gasteiger partial charge in [-0.15, -0.1) is 0 Å². The van der Waals surface area contributed by atoms with Crippen LogP contribution in [0.2, 0.25) is 0 Å². The number of para-hydroxylation sites is 1. The van der Waals surface area contributed by atoms with Gasteiger partial charge in [0.05, 0.1) is 12.0 Å². The largest absolute Gasteiger partial charge is 0.389 e. The normalized spacial score (nSPS) is 20.3. The summed E-state index contributed by atoms with van der Waals surface area (Å²) in [5.41, 5.74) is 1.34. The summed E-state index contributed by atoms with van der Waals surface area (Å²) in [4.78, 5) is 26.8. The van der Waals surface area contributed by atoms with Gasteiger partial charge in [0.25, 0.3) is 0 Å². The minimum absolute atomic E-state index is 0.00257. The van der Waals surface area contributed by atoms with E-state index in [9.17, 15) is 14.7 Å². The van der Waals surface area contributed by atoms with E-state index in [1.807, 2.05) is 30.9 Å². The first-order valence-corrected chi connectivity index (χ1v) is 8.80. The first-order valence-electron chi connectivity index (χ1n) is 8.80. The van der Waals surface area contributed by atoms with Crippen LogP contribution in [0.3, 0.4) is 0 Å². The molecule has 1 aromatic rings. The van der Waals surface area contributed by atoms with Crippen molar-refractivity contribution in [3.8, 4) is 0 Å². The van der Waals surface area contributed by atoms with Crippen LogP contribution in [-0.2, 0) is 9.59 Å². The fourth-order valence-electron chi connectivity index (χ4n) is 3.09. The Labute approximate surface area is 144 Å². The number of likely N-dealkylation sites (tertiary alicyclic amines) is 1. The van der Waals surface area contributed by atoms with Crippen LogP contribution in [0.25, 0.3) is 0 Å². The number of benzene rings is 1. The SMILES string of the molecule is CCC(C)C(=O)N1CCCC(C(=O)Nc2ccccc2C(C)O)C1. The summed E-state index contributed by atoms with van der Waals surface area (Å²) in [6.45, 7) is 6.83. The van der Waals surface area contributed by atoms with Crippen molar-refractivity contribution in [2.45, 2.75) is 46.1 Å². The molecule has 132 valence electrons. The number of amides is 2. The molecule has 0 aliphatic carbocycles. The van der Waals surface area contributed by atoms with Crippen molar-refractivity contribution < 1.29 is 14.7 Å². The van der Waals surface area contributed by atoms with Gasteiger partial charge in [-0.2, -0.15) is 0 Å². The number of aliphatic hydroxyl groups is 1. The molecule has 24 heavy (non-hydrogen) atoms. The minimum atomic E-state index is -0.642. The van der Waals surface area contributed by atoms with Crippen molar-refractivity contribution in [2.75, 3.05) is 18.4 Å². The first kappa shape index (κ1) is 18.5. The van der Waals surface area contributed by atoms with Crippen molar-refractivity contribution in [1.82, 2.24) is 4.90 Å². The number of hydrogen-bond acceptors (Lipinski definition) is 3. The number of piperidine rings is 1. The number of rotatable bonds is 5. The lowest BCUT2D eigenvalue weighted by atomic mass is 9.95. The molecular weight excluding hydrogens is 304 g/mol. The van der Waals surface area contributed by atoms with Crippen molar-refractivity contribution >= 4 is 17.5 Å². The Kier molecular flexibility index (Phi) is 6.37. The minimum Gasteiger partial charge on any atom is -0.389 e. The number of aliphatic hydroxyl groups excluding tert-OH is 1. The second-order valence-corrected chi connectivity index (χ2v) is 6.69. The summed E-state index contributed by atoms with van der Waals surface area (Å²) < 4.78 is 0. The van der Waals surface area contributed by atoms with Crippen LogP contribution in [0.1, 0.15) is 51.7 Å². The van der Waals surface area contributed by atoms with E-state index in [2.05, 4.69) is 5.32 Å². The zero-order valence-corrected chi connectivity index (χ0v) is 14.8. The average molecular weight is 332 g/mol. The quantitative estimate of drug-likeness (QED) is 0.871. The highest BCUT2D eigenvalue weighted by Gasteiger charge is 2.30. The lowest BCUT2D eigenvalue weighted by molar-refractivity contribution is -0.138. The summed E-state index contributed by atoms with van der Waals surface area (Å²) in [6.07, 6.45) is 1.80. The highest BCUT2D eigenvalue weighted by molar-refractivity contribution is 5.94. The van der Waals surface area contributed by atoms with Crippen LogP contribution in [0, 0.1) is 11.8 Å². The van der Waals surface area contributed by atoms with E-state index in [-0.39, 0.29) is 23.7 Å². The number of carbonyl (C=O) groups excluding carboxylic acids is 2. The molecule has 1 aliphatic rings. The standard InChI is InChI=1S/C19H28N2O3/c1-4-13(2)19(24)21-11-7-8-15(12-21)18(23)20-17-10-6-5-9-16(17)14(3)22/h5-6,9-10,13-15,22H,4,7-8,11-12H2,1-3H3,(H,20,23). The molecule has 2 N–H and O–H groups in total. The Morgan fingerprint density at radius 3 is 2.71 bits per heavy atom. The highest BCUT2D eigenvalue weighted by Crippen LogP contribution is 2.25. The molecule has 0 aromatic heterocycles. The molecule has 1 aliphatic heterocycles. The molecule has 0 radical (unpaired) electrons.